The second-order valence-corrected chi connectivity index (χ2v) is 5.73. The molecule has 0 radical (unpaired) electrons. The smallest absolute Gasteiger partial charge is 0.408 e. The molecule has 0 aromatic rings. The van der Waals surface area contributed by atoms with Gasteiger partial charge in [0.15, 0.2) is 0 Å². The molecule has 86 valence electrons. The molecule has 1 aliphatic carbocycles. The maximum Gasteiger partial charge on any atom is 0.408 e. The zero-order valence-electron chi connectivity index (χ0n) is 9.72. The van der Waals surface area contributed by atoms with Gasteiger partial charge >= 0.3 is 6.09 Å². The van der Waals surface area contributed by atoms with Gasteiger partial charge in [-0.1, -0.05) is 0 Å². The summed E-state index contributed by atoms with van der Waals surface area (Å²) in [5, 5.41) is 6.41. The lowest BCUT2D eigenvalue weighted by molar-refractivity contribution is 0.0464. The van der Waals surface area contributed by atoms with Crippen molar-refractivity contribution in [2.24, 2.45) is 0 Å². The number of piperidine rings is 1. The van der Waals surface area contributed by atoms with E-state index in [1.165, 1.54) is 0 Å². The zero-order valence-corrected chi connectivity index (χ0v) is 9.72. The van der Waals surface area contributed by atoms with Crippen molar-refractivity contribution in [3.8, 4) is 0 Å². The van der Waals surface area contributed by atoms with Gasteiger partial charge in [0, 0.05) is 12.6 Å². The molecule has 0 spiro atoms. The maximum absolute atomic E-state index is 11.6. The summed E-state index contributed by atoms with van der Waals surface area (Å²) in [6, 6.07) is 0.597. The van der Waals surface area contributed by atoms with Gasteiger partial charge in [0.1, 0.15) is 5.60 Å². The summed E-state index contributed by atoms with van der Waals surface area (Å²) in [6.07, 6.45) is 3.00. The van der Waals surface area contributed by atoms with Gasteiger partial charge in [-0.25, -0.2) is 4.79 Å². The Hall–Kier alpha value is -0.770. The number of carbonyl (C=O) groups excluding carboxylic acids is 1. The number of rotatable bonds is 1. The van der Waals surface area contributed by atoms with Crippen LogP contribution in [0.4, 0.5) is 4.79 Å². The largest absolute Gasteiger partial charge is 0.444 e. The lowest BCUT2D eigenvalue weighted by Crippen LogP contribution is -2.51. The Bertz CT molecular complexity index is 262. The molecule has 2 rings (SSSR count). The van der Waals surface area contributed by atoms with E-state index in [9.17, 15) is 4.79 Å². The highest BCUT2D eigenvalue weighted by atomic mass is 16.6. The summed E-state index contributed by atoms with van der Waals surface area (Å²) in [5.41, 5.74) is -0.447. The van der Waals surface area contributed by atoms with Gasteiger partial charge in [-0.15, -0.1) is 0 Å². The number of alkyl carbamates (subject to hydrolysis) is 1. The van der Waals surface area contributed by atoms with Crippen LogP contribution in [0.1, 0.15) is 40.0 Å². The number of hydrogen-bond acceptors (Lipinski definition) is 3. The molecule has 0 aromatic heterocycles. The number of amides is 1. The van der Waals surface area contributed by atoms with E-state index in [0.29, 0.717) is 6.04 Å². The summed E-state index contributed by atoms with van der Waals surface area (Å²) >= 11 is 0. The van der Waals surface area contributed by atoms with E-state index in [-0.39, 0.29) is 11.6 Å². The van der Waals surface area contributed by atoms with E-state index >= 15 is 0 Å². The van der Waals surface area contributed by atoms with Crippen LogP contribution in [0.15, 0.2) is 0 Å². The quantitative estimate of drug-likeness (QED) is 0.691. The van der Waals surface area contributed by atoms with Gasteiger partial charge in [-0.2, -0.15) is 0 Å². The monoisotopic (exact) mass is 212 g/mol. The fraction of sp³-hybridized carbons (Fsp3) is 0.909. The van der Waals surface area contributed by atoms with E-state index in [4.69, 9.17) is 4.74 Å². The van der Waals surface area contributed by atoms with Crippen LogP contribution in [0.25, 0.3) is 0 Å². The lowest BCUT2D eigenvalue weighted by atomic mass is 10.00. The molecular formula is C11H20N2O2. The molecule has 1 aliphatic heterocycles. The van der Waals surface area contributed by atoms with E-state index in [1.807, 2.05) is 20.8 Å². The Kier molecular flexibility index (Phi) is 2.41. The number of nitrogens with one attached hydrogen (secondary N) is 2. The Morgan fingerprint density at radius 3 is 2.67 bits per heavy atom. The van der Waals surface area contributed by atoms with Crippen molar-refractivity contribution >= 4 is 6.09 Å². The minimum absolute atomic E-state index is 0.0347. The van der Waals surface area contributed by atoms with Gasteiger partial charge in [-0.3, -0.25) is 0 Å². The Morgan fingerprint density at radius 1 is 1.53 bits per heavy atom. The van der Waals surface area contributed by atoms with Crippen molar-refractivity contribution in [3.05, 3.63) is 0 Å². The van der Waals surface area contributed by atoms with Crippen molar-refractivity contribution in [1.29, 1.82) is 0 Å². The molecule has 4 heteroatoms. The molecule has 2 atom stereocenters. The molecular weight excluding hydrogens is 192 g/mol. The maximum atomic E-state index is 11.6. The first-order valence-electron chi connectivity index (χ1n) is 5.63. The predicted molar refractivity (Wildman–Crippen MR) is 57.7 cm³/mol. The Labute approximate surface area is 90.8 Å². The molecule has 0 aromatic carbocycles. The second kappa shape index (κ2) is 3.37. The summed E-state index contributed by atoms with van der Waals surface area (Å²) in [6.45, 7) is 6.54. The highest BCUT2D eigenvalue weighted by Gasteiger charge is 2.46. The average Bonchev–Trinajstić information content (AvgIpc) is 2.58. The van der Waals surface area contributed by atoms with Crippen LogP contribution in [0, 0.1) is 0 Å². The van der Waals surface area contributed by atoms with Gasteiger partial charge in [0.2, 0.25) is 0 Å². The topological polar surface area (TPSA) is 50.4 Å². The molecule has 1 saturated carbocycles. The van der Waals surface area contributed by atoms with Gasteiger partial charge in [0.25, 0.3) is 0 Å². The third-order valence-electron chi connectivity index (χ3n) is 3.10. The van der Waals surface area contributed by atoms with Crippen LogP contribution in [-0.4, -0.2) is 29.8 Å². The molecule has 2 fully saturated rings. The molecule has 2 N–H and O–H groups in total. The number of hydrogen-bond donors (Lipinski definition) is 2. The third-order valence-corrected chi connectivity index (χ3v) is 3.10. The van der Waals surface area contributed by atoms with Crippen LogP contribution >= 0.6 is 0 Å². The average molecular weight is 212 g/mol. The summed E-state index contributed by atoms with van der Waals surface area (Å²) in [7, 11) is 0. The number of fused-ring (bicyclic) bond motifs is 2. The first-order chi connectivity index (χ1) is 6.89. The zero-order chi connectivity index (χ0) is 11.1. The highest BCUT2D eigenvalue weighted by molar-refractivity contribution is 5.69. The minimum Gasteiger partial charge on any atom is -0.444 e. The molecule has 2 bridgehead atoms. The Balaban J connectivity index is 1.89. The van der Waals surface area contributed by atoms with Gasteiger partial charge in [-0.05, 0) is 40.0 Å². The fourth-order valence-electron chi connectivity index (χ4n) is 2.48. The second-order valence-electron chi connectivity index (χ2n) is 5.73. The summed E-state index contributed by atoms with van der Waals surface area (Å²) < 4.78 is 5.27. The fourth-order valence-corrected chi connectivity index (χ4v) is 2.48. The normalized spacial score (nSPS) is 34.2. The van der Waals surface area contributed by atoms with E-state index in [0.717, 1.165) is 25.8 Å². The number of ether oxygens (including phenoxy) is 1. The highest BCUT2D eigenvalue weighted by Crippen LogP contribution is 2.35. The van der Waals surface area contributed by atoms with Crippen molar-refractivity contribution in [1.82, 2.24) is 10.6 Å². The van der Waals surface area contributed by atoms with Crippen LogP contribution in [-0.2, 0) is 4.74 Å². The standard InChI is InChI=1S/C11H20N2O2/c1-10(2,3)15-9(14)13-11-5-4-8(6-11)12-7-11/h8,12H,4-7H2,1-3H3,(H,13,14). The predicted octanol–water partition coefficient (Wildman–Crippen LogP) is 1.41. The van der Waals surface area contributed by atoms with Crippen LogP contribution in [0.5, 0.6) is 0 Å². The van der Waals surface area contributed by atoms with E-state index in [2.05, 4.69) is 10.6 Å². The third kappa shape index (κ3) is 2.43. The number of carbonyl (C=O) groups is 1. The molecule has 4 nitrogen and oxygen atoms in total. The molecule has 1 heterocycles. The van der Waals surface area contributed by atoms with Crippen molar-refractivity contribution in [2.75, 3.05) is 6.54 Å². The van der Waals surface area contributed by atoms with E-state index in [1.54, 1.807) is 0 Å². The molecule has 1 saturated heterocycles. The van der Waals surface area contributed by atoms with Gasteiger partial charge < -0.3 is 15.4 Å². The Morgan fingerprint density at radius 2 is 2.27 bits per heavy atom. The van der Waals surface area contributed by atoms with Crippen LogP contribution < -0.4 is 10.6 Å². The summed E-state index contributed by atoms with van der Waals surface area (Å²) in [4.78, 5) is 11.6. The first kappa shape index (κ1) is 10.7. The SMILES string of the molecule is CC(C)(C)OC(=O)NC12CCC(C1)NC2. The minimum atomic E-state index is -0.412. The van der Waals surface area contributed by atoms with E-state index < -0.39 is 5.60 Å². The summed E-state index contributed by atoms with van der Waals surface area (Å²) in [5.74, 6) is 0. The lowest BCUT2D eigenvalue weighted by Gasteiger charge is -2.29. The van der Waals surface area contributed by atoms with Crippen molar-refractivity contribution in [2.45, 2.75) is 57.2 Å². The van der Waals surface area contributed by atoms with Gasteiger partial charge in [0.05, 0.1) is 5.54 Å². The molecule has 1 amide bonds. The van der Waals surface area contributed by atoms with Crippen LogP contribution in [0.2, 0.25) is 0 Å². The molecule has 15 heavy (non-hydrogen) atoms. The molecule has 2 unspecified atom stereocenters. The first-order valence-corrected chi connectivity index (χ1v) is 5.63. The van der Waals surface area contributed by atoms with Crippen molar-refractivity contribution < 1.29 is 9.53 Å². The molecule has 2 aliphatic rings. The van der Waals surface area contributed by atoms with Crippen LogP contribution in [0.3, 0.4) is 0 Å². The van der Waals surface area contributed by atoms with Crippen molar-refractivity contribution in [3.63, 3.8) is 0 Å².